The van der Waals surface area contributed by atoms with Gasteiger partial charge in [0.25, 0.3) is 0 Å². The van der Waals surface area contributed by atoms with Crippen molar-refractivity contribution in [3.63, 3.8) is 0 Å². The fourth-order valence-electron chi connectivity index (χ4n) is 1.17. The molecule has 82 valence electrons. The van der Waals surface area contributed by atoms with E-state index in [1.54, 1.807) is 12.1 Å². The number of amides is 1. The monoisotopic (exact) mass is 229 g/mol. The highest BCUT2D eigenvalue weighted by molar-refractivity contribution is 6.18. The average Bonchev–Trinajstić information content (AvgIpc) is 2.20. The van der Waals surface area contributed by atoms with Crippen molar-refractivity contribution in [2.24, 2.45) is 0 Å². The molecule has 1 amide bonds. The number of anilines is 1. The molecule has 1 aromatic rings. The average molecular weight is 230 g/mol. The number of halogens is 2. The summed E-state index contributed by atoms with van der Waals surface area (Å²) in [7, 11) is 0. The van der Waals surface area contributed by atoms with Gasteiger partial charge in [-0.15, -0.1) is 11.6 Å². The first-order valence-corrected chi connectivity index (χ1v) is 5.29. The van der Waals surface area contributed by atoms with Crippen LogP contribution < -0.4 is 5.32 Å². The number of alkyl halides is 1. The molecule has 4 heteroatoms. The third kappa shape index (κ3) is 3.88. The van der Waals surface area contributed by atoms with Crippen molar-refractivity contribution in [1.29, 1.82) is 0 Å². The van der Waals surface area contributed by atoms with Gasteiger partial charge in [0.05, 0.1) is 5.69 Å². The van der Waals surface area contributed by atoms with Crippen LogP contribution in [0.15, 0.2) is 18.2 Å². The minimum absolute atomic E-state index is 0.208. The number of hydrogen-bond acceptors (Lipinski definition) is 1. The Labute approximate surface area is 93.4 Å². The van der Waals surface area contributed by atoms with E-state index in [1.165, 1.54) is 6.07 Å². The number of aryl methyl sites for hydroxylation is 1. The Kier molecular flexibility index (Phi) is 4.56. The largest absolute Gasteiger partial charge is 0.324 e. The standard InChI is InChI=1S/C11H13ClFNO/c1-8-4-5-9(13)10(7-8)14-11(15)3-2-6-12/h4-5,7H,2-3,6H2,1H3,(H,14,15). The highest BCUT2D eigenvalue weighted by Crippen LogP contribution is 2.15. The highest BCUT2D eigenvalue weighted by atomic mass is 35.5. The Bertz CT molecular complexity index is 354. The molecule has 0 bridgehead atoms. The van der Waals surface area contributed by atoms with Gasteiger partial charge in [0, 0.05) is 12.3 Å². The quantitative estimate of drug-likeness (QED) is 0.790. The molecule has 1 rings (SSSR count). The van der Waals surface area contributed by atoms with Crippen LogP contribution in [0.25, 0.3) is 0 Å². The molecule has 0 saturated heterocycles. The fraction of sp³-hybridized carbons (Fsp3) is 0.364. The van der Waals surface area contributed by atoms with Gasteiger partial charge in [-0.3, -0.25) is 4.79 Å². The molecule has 2 nitrogen and oxygen atoms in total. The summed E-state index contributed by atoms with van der Waals surface area (Å²) < 4.78 is 13.2. The zero-order chi connectivity index (χ0) is 11.3. The Morgan fingerprint density at radius 1 is 1.53 bits per heavy atom. The molecule has 0 aromatic heterocycles. The van der Waals surface area contributed by atoms with Crippen molar-refractivity contribution in [3.8, 4) is 0 Å². The van der Waals surface area contributed by atoms with Crippen molar-refractivity contribution in [2.45, 2.75) is 19.8 Å². The fourth-order valence-corrected chi connectivity index (χ4v) is 1.31. The lowest BCUT2D eigenvalue weighted by atomic mass is 10.2. The summed E-state index contributed by atoms with van der Waals surface area (Å²) in [6, 6.07) is 4.60. The molecule has 0 aliphatic heterocycles. The molecule has 1 N–H and O–H groups in total. The molecule has 0 aliphatic rings. The highest BCUT2D eigenvalue weighted by Gasteiger charge is 2.06. The second kappa shape index (κ2) is 5.71. The minimum atomic E-state index is -0.417. The second-order valence-electron chi connectivity index (χ2n) is 3.32. The van der Waals surface area contributed by atoms with Crippen molar-refractivity contribution < 1.29 is 9.18 Å². The molecule has 15 heavy (non-hydrogen) atoms. The lowest BCUT2D eigenvalue weighted by Crippen LogP contribution is -2.12. The summed E-state index contributed by atoms with van der Waals surface area (Å²) in [4.78, 5) is 11.3. The van der Waals surface area contributed by atoms with E-state index in [0.29, 0.717) is 18.7 Å². The maximum absolute atomic E-state index is 13.2. The summed E-state index contributed by atoms with van der Waals surface area (Å²) >= 11 is 5.45. The SMILES string of the molecule is Cc1ccc(F)c(NC(=O)CCCCl)c1. The summed E-state index contributed by atoms with van der Waals surface area (Å²) in [5, 5.41) is 2.51. The first-order valence-electron chi connectivity index (χ1n) is 4.75. The topological polar surface area (TPSA) is 29.1 Å². The van der Waals surface area contributed by atoms with Gasteiger partial charge in [0.2, 0.25) is 5.91 Å². The van der Waals surface area contributed by atoms with E-state index in [-0.39, 0.29) is 11.6 Å². The maximum Gasteiger partial charge on any atom is 0.224 e. The van der Waals surface area contributed by atoms with Crippen molar-refractivity contribution >= 4 is 23.2 Å². The third-order valence-electron chi connectivity index (χ3n) is 1.93. The van der Waals surface area contributed by atoms with Crippen molar-refractivity contribution in [3.05, 3.63) is 29.6 Å². The molecule has 0 unspecified atom stereocenters. The molecule has 0 heterocycles. The zero-order valence-electron chi connectivity index (χ0n) is 8.52. The summed E-state index contributed by atoms with van der Waals surface area (Å²) in [6.45, 7) is 1.84. The first kappa shape index (κ1) is 12.0. The molecule has 0 spiro atoms. The molecule has 0 atom stereocenters. The lowest BCUT2D eigenvalue weighted by Gasteiger charge is -2.06. The van der Waals surface area contributed by atoms with E-state index in [2.05, 4.69) is 5.32 Å². The van der Waals surface area contributed by atoms with Gasteiger partial charge < -0.3 is 5.32 Å². The smallest absolute Gasteiger partial charge is 0.224 e. The van der Waals surface area contributed by atoms with Crippen LogP contribution in [0.5, 0.6) is 0 Å². The molecule has 0 aliphatic carbocycles. The summed E-state index contributed by atoms with van der Waals surface area (Å²) in [5.74, 6) is -0.191. The summed E-state index contributed by atoms with van der Waals surface area (Å²) in [5.41, 5.74) is 1.14. The van der Waals surface area contributed by atoms with Crippen LogP contribution in [0.1, 0.15) is 18.4 Å². The predicted octanol–water partition coefficient (Wildman–Crippen LogP) is 3.09. The van der Waals surface area contributed by atoms with Gasteiger partial charge in [-0.05, 0) is 31.0 Å². The number of rotatable bonds is 4. The minimum Gasteiger partial charge on any atom is -0.324 e. The third-order valence-corrected chi connectivity index (χ3v) is 2.20. The maximum atomic E-state index is 13.2. The van der Waals surface area contributed by atoms with Crippen molar-refractivity contribution in [2.75, 3.05) is 11.2 Å². The number of carbonyl (C=O) groups is 1. The number of benzene rings is 1. The van der Waals surface area contributed by atoms with Crippen molar-refractivity contribution in [1.82, 2.24) is 0 Å². The Morgan fingerprint density at radius 3 is 2.93 bits per heavy atom. The van der Waals surface area contributed by atoms with Gasteiger partial charge in [-0.2, -0.15) is 0 Å². The Hall–Kier alpha value is -1.09. The number of hydrogen-bond donors (Lipinski definition) is 1. The molecule has 0 saturated carbocycles. The predicted molar refractivity (Wildman–Crippen MR) is 59.7 cm³/mol. The van der Waals surface area contributed by atoms with E-state index < -0.39 is 5.82 Å². The normalized spacial score (nSPS) is 10.1. The van der Waals surface area contributed by atoms with E-state index in [0.717, 1.165) is 5.56 Å². The number of carbonyl (C=O) groups excluding carboxylic acids is 1. The Balaban J connectivity index is 2.63. The molecular weight excluding hydrogens is 217 g/mol. The first-order chi connectivity index (χ1) is 7.13. The van der Waals surface area contributed by atoms with Crippen LogP contribution in [0, 0.1) is 12.7 Å². The van der Waals surface area contributed by atoms with E-state index in [1.807, 2.05) is 6.92 Å². The van der Waals surface area contributed by atoms with Gasteiger partial charge in [-0.25, -0.2) is 4.39 Å². The van der Waals surface area contributed by atoms with Crippen LogP contribution in [0.2, 0.25) is 0 Å². The second-order valence-corrected chi connectivity index (χ2v) is 3.70. The van der Waals surface area contributed by atoms with E-state index >= 15 is 0 Å². The van der Waals surface area contributed by atoms with Crippen LogP contribution in [-0.2, 0) is 4.79 Å². The van der Waals surface area contributed by atoms with Crippen LogP contribution in [0.4, 0.5) is 10.1 Å². The van der Waals surface area contributed by atoms with E-state index in [9.17, 15) is 9.18 Å². The number of nitrogens with one attached hydrogen (secondary N) is 1. The van der Waals surface area contributed by atoms with Gasteiger partial charge >= 0.3 is 0 Å². The van der Waals surface area contributed by atoms with Gasteiger partial charge in [-0.1, -0.05) is 6.07 Å². The lowest BCUT2D eigenvalue weighted by molar-refractivity contribution is -0.116. The van der Waals surface area contributed by atoms with Crippen LogP contribution >= 0.6 is 11.6 Å². The molecular formula is C11H13ClFNO. The molecule has 1 aromatic carbocycles. The molecule has 0 radical (unpaired) electrons. The zero-order valence-corrected chi connectivity index (χ0v) is 9.27. The van der Waals surface area contributed by atoms with Crippen LogP contribution in [-0.4, -0.2) is 11.8 Å². The Morgan fingerprint density at radius 2 is 2.27 bits per heavy atom. The van der Waals surface area contributed by atoms with Gasteiger partial charge in [0.15, 0.2) is 0 Å². The van der Waals surface area contributed by atoms with E-state index in [4.69, 9.17) is 11.6 Å². The van der Waals surface area contributed by atoms with Gasteiger partial charge in [0.1, 0.15) is 5.82 Å². The summed E-state index contributed by atoms with van der Waals surface area (Å²) in [6.07, 6.45) is 0.914. The molecule has 0 fully saturated rings. The van der Waals surface area contributed by atoms with Crippen LogP contribution in [0.3, 0.4) is 0 Å².